The molecule has 1 aliphatic heterocycles. The molecule has 0 spiro atoms. The first-order valence-electron chi connectivity index (χ1n) is 7.44. The Kier molecular flexibility index (Phi) is 4.10. The van der Waals surface area contributed by atoms with Crippen LogP contribution in [0.25, 0.3) is 5.57 Å². The number of thiazole rings is 1. The Morgan fingerprint density at radius 3 is 2.84 bits per heavy atom. The third-order valence-electron chi connectivity index (χ3n) is 3.80. The lowest BCUT2D eigenvalue weighted by Crippen LogP contribution is -2.29. The molecule has 8 heteroatoms. The number of hydrogen-bond donors (Lipinski definition) is 1. The molecule has 0 unspecified atom stereocenters. The summed E-state index contributed by atoms with van der Waals surface area (Å²) >= 11 is 7.77. The maximum absolute atomic E-state index is 13.5. The predicted molar refractivity (Wildman–Crippen MR) is 95.0 cm³/mol. The van der Waals surface area contributed by atoms with Gasteiger partial charge in [0.15, 0.2) is 10.8 Å². The van der Waals surface area contributed by atoms with Crippen molar-refractivity contribution in [1.29, 1.82) is 0 Å². The Morgan fingerprint density at radius 2 is 2.16 bits per heavy atom. The third kappa shape index (κ3) is 2.96. The lowest BCUT2D eigenvalue weighted by molar-refractivity contribution is 0.534. The molecule has 3 heterocycles. The quantitative estimate of drug-likeness (QED) is 0.735. The molecule has 2 aromatic heterocycles. The van der Waals surface area contributed by atoms with Crippen LogP contribution in [0.5, 0.6) is 0 Å². The van der Waals surface area contributed by atoms with E-state index in [2.05, 4.69) is 15.3 Å². The van der Waals surface area contributed by atoms with Crippen LogP contribution in [-0.4, -0.2) is 15.8 Å². The SMILES string of the molecule is CC1=C(c2ncco2)[C@@H](c2ccc(F)cc2Cl)N=C(c2nccs2)N1. The Bertz CT molecular complexity index is 967. The molecule has 5 nitrogen and oxygen atoms in total. The minimum atomic E-state index is -0.480. The van der Waals surface area contributed by atoms with E-state index in [1.165, 1.54) is 29.7 Å². The van der Waals surface area contributed by atoms with Crippen LogP contribution in [0.2, 0.25) is 5.02 Å². The average Bonchev–Trinajstić information content (AvgIpc) is 3.28. The summed E-state index contributed by atoms with van der Waals surface area (Å²) in [6.07, 6.45) is 4.78. The summed E-state index contributed by atoms with van der Waals surface area (Å²) in [7, 11) is 0. The van der Waals surface area contributed by atoms with Crippen molar-refractivity contribution >= 4 is 34.3 Å². The van der Waals surface area contributed by atoms with Crippen molar-refractivity contribution in [3.8, 4) is 0 Å². The van der Waals surface area contributed by atoms with Crippen LogP contribution in [0.3, 0.4) is 0 Å². The number of halogens is 2. The Hall–Kier alpha value is -2.51. The fourth-order valence-corrected chi connectivity index (χ4v) is 3.57. The maximum Gasteiger partial charge on any atom is 0.226 e. The summed E-state index contributed by atoms with van der Waals surface area (Å²) in [4.78, 5) is 13.3. The van der Waals surface area contributed by atoms with Crippen LogP contribution in [0.4, 0.5) is 4.39 Å². The number of rotatable bonds is 3. The van der Waals surface area contributed by atoms with E-state index >= 15 is 0 Å². The highest BCUT2D eigenvalue weighted by Crippen LogP contribution is 2.40. The Labute approximate surface area is 151 Å². The fourth-order valence-electron chi connectivity index (χ4n) is 2.71. The van der Waals surface area contributed by atoms with Crippen molar-refractivity contribution in [3.05, 3.63) is 75.2 Å². The zero-order valence-electron chi connectivity index (χ0n) is 13.0. The zero-order valence-corrected chi connectivity index (χ0v) is 14.6. The topological polar surface area (TPSA) is 63.3 Å². The first-order chi connectivity index (χ1) is 12.1. The smallest absolute Gasteiger partial charge is 0.226 e. The summed E-state index contributed by atoms with van der Waals surface area (Å²) in [6.45, 7) is 1.91. The Morgan fingerprint density at radius 1 is 1.28 bits per heavy atom. The fraction of sp³-hybridized carbons (Fsp3) is 0.118. The van der Waals surface area contributed by atoms with E-state index in [4.69, 9.17) is 21.0 Å². The first-order valence-corrected chi connectivity index (χ1v) is 8.69. The number of oxazole rings is 1. The molecule has 0 saturated heterocycles. The second-order valence-electron chi connectivity index (χ2n) is 5.38. The molecule has 3 aromatic rings. The van der Waals surface area contributed by atoms with E-state index in [1.54, 1.807) is 18.5 Å². The van der Waals surface area contributed by atoms with Crippen molar-refractivity contribution < 1.29 is 8.81 Å². The third-order valence-corrected chi connectivity index (χ3v) is 4.90. The number of amidine groups is 1. The molecular formula is C17H12ClFN4OS. The molecule has 0 bridgehead atoms. The minimum absolute atomic E-state index is 0.297. The number of hydrogen-bond acceptors (Lipinski definition) is 6. The first kappa shape index (κ1) is 16.0. The zero-order chi connectivity index (χ0) is 17.4. The molecule has 1 aromatic carbocycles. The highest BCUT2D eigenvalue weighted by molar-refractivity contribution is 7.11. The highest BCUT2D eigenvalue weighted by Gasteiger charge is 2.30. The van der Waals surface area contributed by atoms with Gasteiger partial charge in [-0.25, -0.2) is 14.4 Å². The van der Waals surface area contributed by atoms with Crippen LogP contribution in [0.15, 0.2) is 57.3 Å². The number of aromatic nitrogens is 2. The highest BCUT2D eigenvalue weighted by atomic mass is 35.5. The Balaban J connectivity index is 1.88. The van der Waals surface area contributed by atoms with Gasteiger partial charge in [0.2, 0.25) is 5.89 Å². The molecule has 0 fully saturated rings. The summed E-state index contributed by atoms with van der Waals surface area (Å²) < 4.78 is 19.0. The van der Waals surface area contributed by atoms with Gasteiger partial charge in [-0.2, -0.15) is 0 Å². The lowest BCUT2D eigenvalue weighted by atomic mass is 9.95. The van der Waals surface area contributed by atoms with Gasteiger partial charge >= 0.3 is 0 Å². The predicted octanol–water partition coefficient (Wildman–Crippen LogP) is 4.45. The van der Waals surface area contributed by atoms with E-state index in [1.807, 2.05) is 12.3 Å². The van der Waals surface area contributed by atoms with Gasteiger partial charge < -0.3 is 9.73 Å². The van der Waals surface area contributed by atoms with Crippen molar-refractivity contribution in [2.45, 2.75) is 13.0 Å². The summed E-state index contributed by atoms with van der Waals surface area (Å²) in [5.41, 5.74) is 2.25. The molecule has 126 valence electrons. The van der Waals surface area contributed by atoms with Gasteiger partial charge in [0, 0.05) is 27.9 Å². The van der Waals surface area contributed by atoms with E-state index in [0.29, 0.717) is 22.3 Å². The van der Waals surface area contributed by atoms with Crippen LogP contribution < -0.4 is 5.32 Å². The maximum atomic E-state index is 13.5. The second-order valence-corrected chi connectivity index (χ2v) is 6.69. The van der Waals surface area contributed by atoms with Gasteiger partial charge in [0.1, 0.15) is 18.1 Å². The molecule has 1 atom stereocenters. The number of allylic oxidation sites excluding steroid dienone is 1. The average molecular weight is 375 g/mol. The van der Waals surface area contributed by atoms with Gasteiger partial charge in [0.05, 0.1) is 11.8 Å². The van der Waals surface area contributed by atoms with Crippen molar-refractivity contribution in [3.63, 3.8) is 0 Å². The molecule has 1 N–H and O–H groups in total. The molecule has 0 aliphatic carbocycles. The summed E-state index contributed by atoms with van der Waals surface area (Å²) in [5, 5.41) is 6.18. The molecule has 0 radical (unpaired) electrons. The number of nitrogens with one attached hydrogen (secondary N) is 1. The summed E-state index contributed by atoms with van der Waals surface area (Å²) in [5.74, 6) is 0.677. The number of aliphatic imine (C=N–C) groups is 1. The molecule has 1 aliphatic rings. The largest absolute Gasteiger partial charge is 0.445 e. The van der Waals surface area contributed by atoms with Crippen LogP contribution in [0, 0.1) is 5.82 Å². The van der Waals surface area contributed by atoms with Crippen molar-refractivity contribution in [2.24, 2.45) is 4.99 Å². The van der Waals surface area contributed by atoms with Gasteiger partial charge in [-0.1, -0.05) is 17.7 Å². The lowest BCUT2D eigenvalue weighted by Gasteiger charge is -2.25. The summed E-state index contributed by atoms with van der Waals surface area (Å²) in [6, 6.07) is 3.80. The van der Waals surface area contributed by atoms with Crippen LogP contribution in [0.1, 0.15) is 29.4 Å². The van der Waals surface area contributed by atoms with Gasteiger partial charge in [0.25, 0.3) is 0 Å². The van der Waals surface area contributed by atoms with Crippen molar-refractivity contribution in [2.75, 3.05) is 0 Å². The van der Waals surface area contributed by atoms with Gasteiger partial charge in [-0.3, -0.25) is 4.99 Å². The number of benzene rings is 1. The number of nitrogens with zero attached hydrogens (tertiary/aromatic N) is 3. The van der Waals surface area contributed by atoms with Gasteiger partial charge in [-0.05, 0) is 19.1 Å². The van der Waals surface area contributed by atoms with Crippen LogP contribution in [-0.2, 0) is 0 Å². The molecule has 0 amide bonds. The monoisotopic (exact) mass is 374 g/mol. The molecular weight excluding hydrogens is 363 g/mol. The van der Waals surface area contributed by atoms with E-state index < -0.39 is 11.9 Å². The molecule has 4 rings (SSSR count). The second kappa shape index (κ2) is 6.42. The normalized spacial score (nSPS) is 17.4. The van der Waals surface area contributed by atoms with E-state index in [0.717, 1.165) is 16.3 Å². The standard InChI is InChI=1S/C17H12ClFN4OS/c1-9-13(16-20-4-6-24-16)14(11-3-2-10(19)8-12(11)18)23-15(22-9)17-21-5-7-25-17/h2-8,14H,1H3,(H,22,23)/t14-/m1/s1. The van der Waals surface area contributed by atoms with Crippen molar-refractivity contribution in [1.82, 2.24) is 15.3 Å². The molecule has 0 saturated carbocycles. The van der Waals surface area contributed by atoms with E-state index in [9.17, 15) is 4.39 Å². The molecule has 25 heavy (non-hydrogen) atoms. The van der Waals surface area contributed by atoms with Gasteiger partial charge in [-0.15, -0.1) is 11.3 Å². The van der Waals surface area contributed by atoms with E-state index in [-0.39, 0.29) is 0 Å². The van der Waals surface area contributed by atoms with Crippen LogP contribution >= 0.6 is 22.9 Å². The minimum Gasteiger partial charge on any atom is -0.445 e.